The van der Waals surface area contributed by atoms with Gasteiger partial charge >= 0.3 is 0 Å². The summed E-state index contributed by atoms with van der Waals surface area (Å²) in [6.45, 7) is 1.94. The van der Waals surface area contributed by atoms with E-state index < -0.39 is 10.0 Å². The molecule has 130 valence electrons. The molecule has 25 heavy (non-hydrogen) atoms. The number of pyridine rings is 1. The van der Waals surface area contributed by atoms with Crippen molar-refractivity contribution >= 4 is 32.5 Å². The smallest absolute Gasteiger partial charge is 0.252 e. The molecule has 7 heteroatoms. The van der Waals surface area contributed by atoms with Crippen molar-refractivity contribution in [2.75, 3.05) is 7.05 Å². The summed E-state index contributed by atoms with van der Waals surface area (Å²) in [6, 6.07) is 13.4. The number of aryl methyl sites for hydroxylation is 1. The molecule has 0 amide bonds. The molecule has 3 aromatic rings. The molecule has 0 spiro atoms. The van der Waals surface area contributed by atoms with Gasteiger partial charge in [0.15, 0.2) is 0 Å². The van der Waals surface area contributed by atoms with Crippen molar-refractivity contribution in [3.63, 3.8) is 0 Å². The second-order valence-corrected chi connectivity index (χ2v) is 8.41. The van der Waals surface area contributed by atoms with E-state index in [0.717, 1.165) is 20.8 Å². The number of halogens is 1. The SMILES string of the molecule is Cc1ccc2[nH]c(=O)c(CN(C)S(=O)(=O)c3ccc(Cl)cc3)cc2c1. The van der Waals surface area contributed by atoms with Crippen LogP contribution < -0.4 is 5.56 Å². The van der Waals surface area contributed by atoms with Gasteiger partial charge in [-0.25, -0.2) is 8.42 Å². The van der Waals surface area contributed by atoms with Crippen molar-refractivity contribution in [2.45, 2.75) is 18.4 Å². The van der Waals surface area contributed by atoms with E-state index in [9.17, 15) is 13.2 Å². The lowest BCUT2D eigenvalue weighted by Gasteiger charge is -2.17. The second-order valence-electron chi connectivity index (χ2n) is 5.93. The number of sulfonamides is 1. The molecule has 0 aliphatic carbocycles. The summed E-state index contributed by atoms with van der Waals surface area (Å²) < 4.78 is 26.5. The van der Waals surface area contributed by atoms with E-state index in [-0.39, 0.29) is 17.0 Å². The summed E-state index contributed by atoms with van der Waals surface area (Å²) in [5, 5.41) is 1.33. The minimum Gasteiger partial charge on any atom is -0.322 e. The first-order chi connectivity index (χ1) is 11.8. The van der Waals surface area contributed by atoms with Crippen LogP contribution in [0.4, 0.5) is 0 Å². The van der Waals surface area contributed by atoms with Crippen molar-refractivity contribution in [1.29, 1.82) is 0 Å². The van der Waals surface area contributed by atoms with Gasteiger partial charge in [-0.15, -0.1) is 0 Å². The van der Waals surface area contributed by atoms with E-state index in [1.54, 1.807) is 6.07 Å². The van der Waals surface area contributed by atoms with Crippen LogP contribution in [0.1, 0.15) is 11.1 Å². The third-order valence-corrected chi connectivity index (χ3v) is 6.06. The predicted molar refractivity (Wildman–Crippen MR) is 99.4 cm³/mol. The van der Waals surface area contributed by atoms with Crippen LogP contribution >= 0.6 is 11.6 Å². The van der Waals surface area contributed by atoms with E-state index in [2.05, 4.69) is 4.98 Å². The molecule has 0 atom stereocenters. The van der Waals surface area contributed by atoms with Gasteiger partial charge in [0.1, 0.15) is 0 Å². The molecule has 1 heterocycles. The summed E-state index contributed by atoms with van der Waals surface area (Å²) in [4.78, 5) is 15.2. The van der Waals surface area contributed by atoms with Crippen LogP contribution in [0.25, 0.3) is 10.9 Å². The number of benzene rings is 2. The van der Waals surface area contributed by atoms with E-state index in [1.807, 2.05) is 25.1 Å². The highest BCUT2D eigenvalue weighted by atomic mass is 35.5. The molecule has 0 aliphatic heterocycles. The Labute approximate surface area is 150 Å². The fourth-order valence-electron chi connectivity index (χ4n) is 2.60. The van der Waals surface area contributed by atoms with Crippen molar-refractivity contribution in [3.8, 4) is 0 Å². The number of nitrogens with one attached hydrogen (secondary N) is 1. The Balaban J connectivity index is 1.96. The van der Waals surface area contributed by atoms with Gasteiger partial charge in [0.2, 0.25) is 10.0 Å². The van der Waals surface area contributed by atoms with Gasteiger partial charge in [-0.05, 0) is 54.8 Å². The van der Waals surface area contributed by atoms with E-state index in [4.69, 9.17) is 11.6 Å². The Hall–Kier alpha value is -2.15. The number of fused-ring (bicyclic) bond motifs is 1. The number of rotatable bonds is 4. The second kappa shape index (κ2) is 6.63. The Morgan fingerprint density at radius 3 is 2.44 bits per heavy atom. The molecule has 1 N–H and O–H groups in total. The Bertz CT molecular complexity index is 1090. The number of aromatic amines is 1. The maximum absolute atomic E-state index is 12.6. The average molecular weight is 377 g/mol. The summed E-state index contributed by atoms with van der Waals surface area (Å²) in [6.07, 6.45) is 0. The fraction of sp³-hybridized carbons (Fsp3) is 0.167. The van der Waals surface area contributed by atoms with Gasteiger partial charge in [-0.3, -0.25) is 4.79 Å². The number of hydrogen-bond donors (Lipinski definition) is 1. The third-order valence-electron chi connectivity index (χ3n) is 3.99. The lowest BCUT2D eigenvalue weighted by molar-refractivity contribution is 0.465. The Morgan fingerprint density at radius 2 is 1.76 bits per heavy atom. The van der Waals surface area contributed by atoms with Crippen molar-refractivity contribution < 1.29 is 8.42 Å². The summed E-state index contributed by atoms with van der Waals surface area (Å²) in [7, 11) is -2.26. The third kappa shape index (κ3) is 3.61. The molecule has 3 rings (SSSR count). The van der Waals surface area contributed by atoms with Crippen molar-refractivity contribution in [2.24, 2.45) is 0 Å². The molecular formula is C18H17ClN2O3S. The molecule has 5 nitrogen and oxygen atoms in total. The van der Waals surface area contributed by atoms with Gasteiger partial charge in [-0.2, -0.15) is 4.31 Å². The molecular weight excluding hydrogens is 360 g/mol. The first-order valence-electron chi connectivity index (χ1n) is 7.62. The number of nitrogens with zero attached hydrogens (tertiary/aromatic N) is 1. The Kier molecular flexibility index (Phi) is 4.69. The normalized spacial score (nSPS) is 12.0. The molecule has 0 fully saturated rings. The molecule has 0 aliphatic rings. The quantitative estimate of drug-likeness (QED) is 0.759. The van der Waals surface area contributed by atoms with Crippen LogP contribution in [0.5, 0.6) is 0 Å². The highest BCUT2D eigenvalue weighted by molar-refractivity contribution is 7.89. The van der Waals surface area contributed by atoms with E-state index >= 15 is 0 Å². The summed E-state index contributed by atoms with van der Waals surface area (Å²) in [5.74, 6) is 0. The van der Waals surface area contributed by atoms with Gasteiger partial charge in [-0.1, -0.05) is 23.2 Å². The summed E-state index contributed by atoms with van der Waals surface area (Å²) in [5.41, 5.74) is 1.88. The number of H-pyrrole nitrogens is 1. The van der Waals surface area contributed by atoms with Gasteiger partial charge in [0, 0.05) is 29.7 Å². The van der Waals surface area contributed by atoms with Crippen LogP contribution in [0.3, 0.4) is 0 Å². The maximum Gasteiger partial charge on any atom is 0.252 e. The Morgan fingerprint density at radius 1 is 1.08 bits per heavy atom. The number of aromatic nitrogens is 1. The lowest BCUT2D eigenvalue weighted by Crippen LogP contribution is -2.29. The van der Waals surface area contributed by atoms with Gasteiger partial charge < -0.3 is 4.98 Å². The van der Waals surface area contributed by atoms with E-state index in [0.29, 0.717) is 10.6 Å². The molecule has 2 aromatic carbocycles. The first-order valence-corrected chi connectivity index (χ1v) is 9.43. The highest BCUT2D eigenvalue weighted by Crippen LogP contribution is 2.19. The van der Waals surface area contributed by atoms with Crippen LogP contribution in [0.2, 0.25) is 5.02 Å². The lowest BCUT2D eigenvalue weighted by atomic mass is 10.1. The predicted octanol–water partition coefficient (Wildman–Crippen LogP) is 3.31. The minimum atomic E-state index is -3.71. The first kappa shape index (κ1) is 17.7. The highest BCUT2D eigenvalue weighted by Gasteiger charge is 2.21. The molecule has 0 radical (unpaired) electrons. The largest absolute Gasteiger partial charge is 0.322 e. The van der Waals surface area contributed by atoms with Gasteiger partial charge in [0.25, 0.3) is 5.56 Å². The van der Waals surface area contributed by atoms with Crippen LogP contribution in [-0.2, 0) is 16.6 Å². The average Bonchev–Trinajstić information content (AvgIpc) is 2.56. The zero-order chi connectivity index (χ0) is 18.2. The zero-order valence-electron chi connectivity index (χ0n) is 13.8. The monoisotopic (exact) mass is 376 g/mol. The van der Waals surface area contributed by atoms with Gasteiger partial charge in [0.05, 0.1) is 4.90 Å². The van der Waals surface area contributed by atoms with Crippen LogP contribution in [-0.4, -0.2) is 24.8 Å². The molecule has 0 bridgehead atoms. The van der Waals surface area contributed by atoms with E-state index in [1.165, 1.54) is 31.3 Å². The van der Waals surface area contributed by atoms with Crippen LogP contribution in [0.15, 0.2) is 58.2 Å². The topological polar surface area (TPSA) is 70.2 Å². The molecule has 0 saturated carbocycles. The minimum absolute atomic E-state index is 0.0236. The van der Waals surface area contributed by atoms with Crippen LogP contribution in [0, 0.1) is 6.92 Å². The summed E-state index contributed by atoms with van der Waals surface area (Å²) >= 11 is 5.81. The fourth-order valence-corrected chi connectivity index (χ4v) is 3.88. The standard InChI is InChI=1S/C18H17ClN2O3S/c1-12-3-8-17-13(9-12)10-14(18(22)20-17)11-21(2)25(23,24)16-6-4-15(19)5-7-16/h3-10H,11H2,1-2H3,(H,20,22). The van der Waals surface area contributed by atoms with Crippen molar-refractivity contribution in [3.05, 3.63) is 75.0 Å². The maximum atomic E-state index is 12.6. The molecule has 1 aromatic heterocycles. The molecule has 0 saturated heterocycles. The molecule has 0 unspecified atom stereocenters. The number of hydrogen-bond acceptors (Lipinski definition) is 3. The van der Waals surface area contributed by atoms with Crippen molar-refractivity contribution in [1.82, 2.24) is 9.29 Å². The zero-order valence-corrected chi connectivity index (χ0v) is 15.4.